The van der Waals surface area contributed by atoms with Crippen molar-refractivity contribution in [2.24, 2.45) is 0 Å². The van der Waals surface area contributed by atoms with Crippen LogP contribution < -0.4 is 0 Å². The molecule has 1 rings (SSSR count). The van der Waals surface area contributed by atoms with Crippen LogP contribution in [0.2, 0.25) is 0 Å². The molecule has 0 aliphatic carbocycles. The van der Waals surface area contributed by atoms with E-state index >= 15 is 0 Å². The molecule has 0 amide bonds. The Morgan fingerprint density at radius 3 is 2.67 bits per heavy atom. The molecule has 0 aromatic carbocycles. The van der Waals surface area contributed by atoms with Crippen LogP contribution in [-0.4, -0.2) is 20.8 Å². The molecule has 0 unspecified atom stereocenters. The van der Waals surface area contributed by atoms with Crippen LogP contribution in [0.25, 0.3) is 0 Å². The number of nitriles is 1. The van der Waals surface area contributed by atoms with Gasteiger partial charge in [0, 0.05) is 18.9 Å². The van der Waals surface area contributed by atoms with Crippen LogP contribution in [-0.2, 0) is 12.1 Å². The number of alkyl halides is 3. The molecule has 7 heteroatoms. The van der Waals surface area contributed by atoms with Gasteiger partial charge >= 0.3 is 6.18 Å². The molecular formula is C11H10F3N3O. The van der Waals surface area contributed by atoms with Crippen LogP contribution in [0.1, 0.15) is 5.82 Å². The molecule has 0 fully saturated rings. The van der Waals surface area contributed by atoms with E-state index in [1.165, 1.54) is 18.3 Å². The van der Waals surface area contributed by atoms with Crippen molar-refractivity contribution in [1.29, 1.82) is 5.26 Å². The molecule has 0 aliphatic rings. The molecule has 1 aromatic heterocycles. The first-order valence-electron chi connectivity index (χ1n) is 4.80. The van der Waals surface area contributed by atoms with Crippen LogP contribution >= 0.6 is 0 Å². The molecule has 96 valence electrons. The number of hydrogen-bond donors (Lipinski definition) is 1. The highest BCUT2D eigenvalue weighted by Gasteiger charge is 2.60. The fraction of sp³-hybridized carbons (Fsp3) is 0.273. The maximum Gasteiger partial charge on any atom is 0.429 e. The van der Waals surface area contributed by atoms with E-state index in [-0.39, 0.29) is 6.54 Å². The minimum absolute atomic E-state index is 0.0203. The van der Waals surface area contributed by atoms with E-state index in [9.17, 15) is 18.3 Å². The largest absolute Gasteiger partial charge is 0.429 e. The summed E-state index contributed by atoms with van der Waals surface area (Å²) >= 11 is 0. The van der Waals surface area contributed by atoms with E-state index in [1.54, 1.807) is 0 Å². The van der Waals surface area contributed by atoms with Crippen molar-refractivity contribution in [2.75, 3.05) is 0 Å². The smallest absolute Gasteiger partial charge is 0.369 e. The molecule has 1 heterocycles. The average molecular weight is 257 g/mol. The second-order valence-electron chi connectivity index (χ2n) is 3.49. The Hall–Kier alpha value is -2.07. The van der Waals surface area contributed by atoms with Gasteiger partial charge in [0.05, 0.1) is 11.6 Å². The van der Waals surface area contributed by atoms with E-state index in [2.05, 4.69) is 18.1 Å². The number of nitrogens with zero attached hydrogens (tertiary/aromatic N) is 3. The minimum atomic E-state index is -5.09. The molecule has 1 aromatic rings. The zero-order valence-electron chi connectivity index (χ0n) is 9.28. The molecule has 0 radical (unpaired) electrons. The molecule has 0 spiro atoms. The number of allylic oxidation sites excluding steroid dienone is 1. The van der Waals surface area contributed by atoms with Crippen molar-refractivity contribution in [3.8, 4) is 6.07 Å². The van der Waals surface area contributed by atoms with E-state index in [1.807, 2.05) is 0 Å². The standard InChI is InChI=1S/C11H10F3N3O/c1-3-5-17-6-4-16-9(17)10(18,8(2)7-15)11(12,13)14/h3-4,6,18H,1-2,5H2/t10-/m0/s1. The SMILES string of the molecule is C=CCn1ccnc1[C@@](O)(C(=C)C#N)C(F)(F)F. The van der Waals surface area contributed by atoms with Crippen molar-refractivity contribution >= 4 is 0 Å². The van der Waals surface area contributed by atoms with Gasteiger partial charge in [-0.05, 0) is 0 Å². The second-order valence-corrected chi connectivity index (χ2v) is 3.49. The van der Waals surface area contributed by atoms with Crippen LogP contribution in [0.15, 0.2) is 37.2 Å². The fourth-order valence-corrected chi connectivity index (χ4v) is 1.43. The predicted molar refractivity (Wildman–Crippen MR) is 57.1 cm³/mol. The lowest BCUT2D eigenvalue weighted by Gasteiger charge is -2.29. The van der Waals surface area contributed by atoms with Gasteiger partial charge in [0.15, 0.2) is 5.82 Å². The van der Waals surface area contributed by atoms with Gasteiger partial charge in [0.25, 0.3) is 5.60 Å². The quantitative estimate of drug-likeness (QED) is 0.662. The lowest BCUT2D eigenvalue weighted by Crippen LogP contribution is -2.45. The minimum Gasteiger partial charge on any atom is -0.369 e. The summed E-state index contributed by atoms with van der Waals surface area (Å²) in [5, 5.41) is 18.4. The Kier molecular flexibility index (Phi) is 3.62. The normalized spacial score (nSPS) is 14.6. The van der Waals surface area contributed by atoms with Gasteiger partial charge in [0.1, 0.15) is 0 Å². The maximum atomic E-state index is 13.0. The lowest BCUT2D eigenvalue weighted by molar-refractivity contribution is -0.251. The number of aromatic nitrogens is 2. The van der Waals surface area contributed by atoms with Crippen molar-refractivity contribution < 1.29 is 18.3 Å². The number of hydrogen-bond acceptors (Lipinski definition) is 3. The van der Waals surface area contributed by atoms with Crippen molar-refractivity contribution in [1.82, 2.24) is 9.55 Å². The molecule has 0 saturated heterocycles. The first-order chi connectivity index (χ1) is 8.29. The van der Waals surface area contributed by atoms with Gasteiger partial charge in [-0.1, -0.05) is 12.7 Å². The first-order valence-corrected chi connectivity index (χ1v) is 4.80. The summed E-state index contributed by atoms with van der Waals surface area (Å²) < 4.78 is 40.0. The van der Waals surface area contributed by atoms with Gasteiger partial charge in [0.2, 0.25) is 0 Å². The molecule has 4 nitrogen and oxygen atoms in total. The van der Waals surface area contributed by atoms with Crippen molar-refractivity contribution in [3.05, 3.63) is 43.0 Å². The summed E-state index contributed by atoms with van der Waals surface area (Å²) in [7, 11) is 0. The zero-order valence-corrected chi connectivity index (χ0v) is 9.28. The Labute approximate surface area is 101 Å². The Balaban J connectivity index is 3.46. The highest BCUT2D eigenvalue weighted by Crippen LogP contribution is 2.42. The summed E-state index contributed by atoms with van der Waals surface area (Å²) in [6, 6.07) is 1.23. The summed E-state index contributed by atoms with van der Waals surface area (Å²) in [4.78, 5) is 3.48. The number of aliphatic hydroxyl groups is 1. The Bertz CT molecular complexity index is 512. The van der Waals surface area contributed by atoms with Crippen LogP contribution in [0, 0.1) is 11.3 Å². The summed E-state index contributed by atoms with van der Waals surface area (Å²) in [6.45, 7) is 6.37. The van der Waals surface area contributed by atoms with Crippen molar-refractivity contribution in [2.45, 2.75) is 18.3 Å². The molecule has 1 atom stereocenters. The molecule has 0 aliphatic heterocycles. The van der Waals surface area contributed by atoms with E-state index in [4.69, 9.17) is 5.26 Å². The Morgan fingerprint density at radius 2 is 2.22 bits per heavy atom. The first kappa shape index (κ1) is 14.0. The topological polar surface area (TPSA) is 61.8 Å². The highest BCUT2D eigenvalue weighted by molar-refractivity contribution is 5.35. The molecular weight excluding hydrogens is 247 g/mol. The number of rotatable bonds is 4. The number of halogens is 3. The molecule has 1 N–H and O–H groups in total. The zero-order chi connectivity index (χ0) is 14.0. The second kappa shape index (κ2) is 4.66. The summed E-state index contributed by atoms with van der Waals surface area (Å²) in [5.74, 6) is -0.707. The van der Waals surface area contributed by atoms with Crippen LogP contribution in [0.3, 0.4) is 0 Å². The maximum absolute atomic E-state index is 13.0. The third-order valence-electron chi connectivity index (χ3n) is 2.35. The van der Waals surface area contributed by atoms with E-state index in [0.29, 0.717) is 0 Å². The van der Waals surface area contributed by atoms with Gasteiger partial charge in [-0.3, -0.25) is 0 Å². The van der Waals surface area contributed by atoms with Gasteiger partial charge in [-0.25, -0.2) is 4.98 Å². The predicted octanol–water partition coefficient (Wildman–Crippen LogP) is 1.90. The highest BCUT2D eigenvalue weighted by atomic mass is 19.4. The average Bonchev–Trinajstić information content (AvgIpc) is 2.74. The van der Waals surface area contributed by atoms with Gasteiger partial charge in [-0.2, -0.15) is 18.4 Å². The van der Waals surface area contributed by atoms with Crippen LogP contribution in [0.4, 0.5) is 13.2 Å². The number of imidazole rings is 1. The van der Waals surface area contributed by atoms with E-state index in [0.717, 1.165) is 10.8 Å². The summed E-state index contributed by atoms with van der Waals surface area (Å²) in [5.41, 5.74) is -4.53. The molecule has 0 bridgehead atoms. The third-order valence-corrected chi connectivity index (χ3v) is 2.35. The molecule has 0 saturated carbocycles. The fourth-order valence-electron chi connectivity index (χ4n) is 1.43. The Morgan fingerprint density at radius 1 is 1.61 bits per heavy atom. The monoisotopic (exact) mass is 257 g/mol. The van der Waals surface area contributed by atoms with Crippen LogP contribution in [0.5, 0.6) is 0 Å². The lowest BCUT2D eigenvalue weighted by atomic mass is 9.94. The summed E-state index contributed by atoms with van der Waals surface area (Å²) in [6.07, 6.45) is -1.40. The van der Waals surface area contributed by atoms with Gasteiger partial charge in [-0.15, -0.1) is 6.58 Å². The van der Waals surface area contributed by atoms with Crippen molar-refractivity contribution in [3.63, 3.8) is 0 Å². The molecule has 18 heavy (non-hydrogen) atoms. The van der Waals surface area contributed by atoms with Gasteiger partial charge < -0.3 is 9.67 Å². The third kappa shape index (κ3) is 2.02. The van der Waals surface area contributed by atoms with E-state index < -0.39 is 23.2 Å².